The van der Waals surface area contributed by atoms with Crippen LogP contribution in [0.25, 0.3) is 0 Å². The van der Waals surface area contributed by atoms with Crippen LogP contribution < -0.4 is 5.73 Å². The predicted molar refractivity (Wildman–Crippen MR) is 161 cm³/mol. The van der Waals surface area contributed by atoms with E-state index in [4.69, 9.17) is 17.3 Å². The fourth-order valence-corrected chi connectivity index (χ4v) is 6.82. The van der Waals surface area contributed by atoms with E-state index in [1.807, 2.05) is 41.3 Å². The number of halogens is 2. The van der Waals surface area contributed by atoms with Gasteiger partial charge in [-0.3, -0.25) is 14.5 Å². The van der Waals surface area contributed by atoms with Crippen molar-refractivity contribution < 1.29 is 19.5 Å². The third-order valence-electron chi connectivity index (χ3n) is 8.56. The van der Waals surface area contributed by atoms with Crippen molar-refractivity contribution in [2.24, 2.45) is 11.7 Å². The fourth-order valence-electron chi connectivity index (χ4n) is 6.65. The Hall–Kier alpha value is -3.39. The summed E-state index contributed by atoms with van der Waals surface area (Å²) in [6.45, 7) is 2.34. The van der Waals surface area contributed by atoms with Crippen LogP contribution in [0.4, 0.5) is 0 Å². The van der Waals surface area contributed by atoms with Gasteiger partial charge in [0.15, 0.2) is 0 Å². The Morgan fingerprint density at radius 1 is 0.878 bits per heavy atom. The van der Waals surface area contributed by atoms with Gasteiger partial charge in [-0.2, -0.15) is 0 Å². The smallest absolute Gasteiger partial charge is 0.336 e. The van der Waals surface area contributed by atoms with Gasteiger partial charge in [0.2, 0.25) is 11.8 Å². The molecule has 0 unspecified atom stereocenters. The molecule has 41 heavy (non-hydrogen) atoms. The van der Waals surface area contributed by atoms with Gasteiger partial charge in [0.1, 0.15) is 0 Å². The van der Waals surface area contributed by atoms with Gasteiger partial charge in [0, 0.05) is 31.2 Å². The predicted octanol–water partition coefficient (Wildman–Crippen LogP) is 5.31. The van der Waals surface area contributed by atoms with Crippen molar-refractivity contribution in [2.45, 2.75) is 37.1 Å². The topological polar surface area (TPSA) is 104 Å². The molecule has 9 heteroatoms. The zero-order chi connectivity index (χ0) is 28.3. The van der Waals surface area contributed by atoms with E-state index in [2.05, 4.69) is 29.2 Å². The van der Waals surface area contributed by atoms with Crippen molar-refractivity contribution in [2.75, 3.05) is 26.2 Å². The molecule has 2 fully saturated rings. The second-order valence-electron chi connectivity index (χ2n) is 10.7. The van der Waals surface area contributed by atoms with Crippen LogP contribution in [0.15, 0.2) is 78.9 Å². The van der Waals surface area contributed by atoms with Gasteiger partial charge >= 0.3 is 5.97 Å². The number of carboxylic acid groups (broad SMARTS) is 1. The van der Waals surface area contributed by atoms with Crippen molar-refractivity contribution in [3.8, 4) is 0 Å². The number of amides is 2. The molecule has 0 radical (unpaired) electrons. The molecular weight excluding hydrogens is 561 g/mol. The van der Waals surface area contributed by atoms with Crippen molar-refractivity contribution in [3.05, 3.63) is 106 Å². The number of aromatic carboxylic acids is 1. The first-order valence-electron chi connectivity index (χ1n) is 13.8. The van der Waals surface area contributed by atoms with Crippen LogP contribution in [0.5, 0.6) is 0 Å². The van der Waals surface area contributed by atoms with E-state index >= 15 is 0 Å². The van der Waals surface area contributed by atoms with Crippen LogP contribution in [0, 0.1) is 5.92 Å². The normalized spacial score (nSPS) is 21.2. The highest BCUT2D eigenvalue weighted by atomic mass is 35.5. The van der Waals surface area contributed by atoms with E-state index in [0.29, 0.717) is 45.4 Å². The molecule has 2 atom stereocenters. The first-order valence-corrected chi connectivity index (χ1v) is 14.2. The molecule has 1 saturated carbocycles. The van der Waals surface area contributed by atoms with E-state index in [1.165, 1.54) is 17.2 Å². The number of carbonyl (C=O) groups excluding carboxylic acids is 2. The Labute approximate surface area is 251 Å². The van der Waals surface area contributed by atoms with Crippen molar-refractivity contribution in [1.29, 1.82) is 0 Å². The summed E-state index contributed by atoms with van der Waals surface area (Å²) in [7, 11) is 0. The fraction of sp³-hybridized carbons (Fsp3) is 0.344. The number of hydrogen-bond acceptors (Lipinski definition) is 4. The van der Waals surface area contributed by atoms with E-state index in [0.717, 1.165) is 6.42 Å². The lowest BCUT2D eigenvalue weighted by Gasteiger charge is -2.46. The molecule has 3 aromatic carbocycles. The summed E-state index contributed by atoms with van der Waals surface area (Å²) in [5, 5.41) is 10.2. The maximum absolute atomic E-state index is 14.1. The molecule has 3 N–H and O–H groups in total. The first kappa shape index (κ1) is 30.6. The number of carboxylic acids is 1. The zero-order valence-electron chi connectivity index (χ0n) is 22.7. The Morgan fingerprint density at radius 3 is 2.00 bits per heavy atom. The number of piperazine rings is 1. The Bertz CT molecular complexity index is 1340. The summed E-state index contributed by atoms with van der Waals surface area (Å²) in [6, 6.07) is 25.2. The summed E-state index contributed by atoms with van der Waals surface area (Å²) in [6.07, 6.45) is 2.24. The average molecular weight is 597 g/mol. The van der Waals surface area contributed by atoms with Gasteiger partial charge < -0.3 is 15.7 Å². The SMILES string of the molecule is Cl.NC(=O)[C@]1(c2ccc(Cl)cc2C(=O)O)CCCC[C@@H]1C(=O)N1CCN(C(c2ccccc2)c2ccccc2)CC1. The van der Waals surface area contributed by atoms with Gasteiger partial charge in [-0.05, 0) is 41.7 Å². The highest BCUT2D eigenvalue weighted by Crippen LogP contribution is 2.46. The van der Waals surface area contributed by atoms with Gasteiger partial charge in [-0.1, -0.05) is 91.2 Å². The van der Waals surface area contributed by atoms with Gasteiger partial charge in [0.05, 0.1) is 22.9 Å². The lowest BCUT2D eigenvalue weighted by atomic mass is 9.60. The van der Waals surface area contributed by atoms with Crippen molar-refractivity contribution >= 4 is 41.8 Å². The summed E-state index contributed by atoms with van der Waals surface area (Å²) in [4.78, 5) is 43.7. The summed E-state index contributed by atoms with van der Waals surface area (Å²) in [5.41, 5.74) is 7.23. The number of rotatable bonds is 7. The quantitative estimate of drug-likeness (QED) is 0.385. The van der Waals surface area contributed by atoms with Gasteiger partial charge in [-0.25, -0.2) is 4.79 Å². The first-order chi connectivity index (χ1) is 19.3. The number of nitrogens with two attached hydrogens (primary N) is 1. The maximum atomic E-state index is 14.1. The molecule has 0 spiro atoms. The number of primary amides is 1. The average Bonchev–Trinajstić information content (AvgIpc) is 2.98. The van der Waals surface area contributed by atoms with Gasteiger partial charge in [-0.15, -0.1) is 12.4 Å². The van der Waals surface area contributed by atoms with E-state index < -0.39 is 23.2 Å². The third kappa shape index (κ3) is 5.98. The lowest BCUT2D eigenvalue weighted by Crippen LogP contribution is -2.58. The second-order valence-corrected chi connectivity index (χ2v) is 11.2. The molecule has 3 aromatic rings. The Morgan fingerprint density at radius 2 is 1.46 bits per heavy atom. The number of benzene rings is 3. The molecule has 0 bridgehead atoms. The molecule has 2 amide bonds. The van der Waals surface area contributed by atoms with Crippen molar-refractivity contribution in [1.82, 2.24) is 9.80 Å². The van der Waals surface area contributed by atoms with Crippen LogP contribution in [-0.2, 0) is 15.0 Å². The van der Waals surface area contributed by atoms with Crippen LogP contribution in [0.3, 0.4) is 0 Å². The minimum absolute atomic E-state index is 0. The minimum Gasteiger partial charge on any atom is -0.478 e. The molecular formula is C32H35Cl2N3O4. The molecule has 1 saturated heterocycles. The number of carbonyl (C=O) groups is 3. The molecule has 7 nitrogen and oxygen atoms in total. The van der Waals surface area contributed by atoms with Crippen LogP contribution >= 0.6 is 24.0 Å². The molecule has 1 aliphatic carbocycles. The summed E-state index contributed by atoms with van der Waals surface area (Å²) in [5.74, 6) is -2.73. The number of hydrogen-bond donors (Lipinski definition) is 2. The summed E-state index contributed by atoms with van der Waals surface area (Å²) >= 11 is 6.11. The minimum atomic E-state index is -1.40. The monoisotopic (exact) mass is 595 g/mol. The Balaban J connectivity index is 0.00000387. The van der Waals surface area contributed by atoms with Crippen LogP contribution in [0.2, 0.25) is 5.02 Å². The molecule has 5 rings (SSSR count). The molecule has 0 aromatic heterocycles. The summed E-state index contributed by atoms with van der Waals surface area (Å²) < 4.78 is 0. The Kier molecular flexibility index (Phi) is 9.74. The highest BCUT2D eigenvalue weighted by Gasteiger charge is 2.53. The van der Waals surface area contributed by atoms with E-state index in [1.54, 1.807) is 12.1 Å². The maximum Gasteiger partial charge on any atom is 0.336 e. The third-order valence-corrected chi connectivity index (χ3v) is 8.80. The van der Waals surface area contributed by atoms with Crippen LogP contribution in [-0.4, -0.2) is 58.9 Å². The molecule has 2 aliphatic rings. The van der Waals surface area contributed by atoms with E-state index in [9.17, 15) is 19.5 Å². The second kappa shape index (κ2) is 13.1. The van der Waals surface area contributed by atoms with Gasteiger partial charge in [0.25, 0.3) is 0 Å². The van der Waals surface area contributed by atoms with Crippen LogP contribution in [0.1, 0.15) is 58.8 Å². The van der Waals surface area contributed by atoms with Crippen molar-refractivity contribution in [3.63, 3.8) is 0 Å². The molecule has 216 valence electrons. The highest BCUT2D eigenvalue weighted by molar-refractivity contribution is 6.31. The molecule has 1 aliphatic heterocycles. The largest absolute Gasteiger partial charge is 0.478 e. The standard InChI is InChI=1S/C32H34ClN3O4.ClH/c33-24-14-15-26(25(21-24)30(38)39)32(31(34)40)16-8-7-13-27(32)29(37)36-19-17-35(18-20-36)28(22-9-3-1-4-10-22)23-11-5-2-6-12-23;/h1-6,9-12,14-15,21,27-28H,7-8,13,16-20H2,(H2,34,40)(H,38,39);1H/t27-,32+;/m1./s1. The number of nitrogens with zero attached hydrogens (tertiary/aromatic N) is 2. The van der Waals surface area contributed by atoms with E-state index in [-0.39, 0.29) is 40.5 Å². The molecule has 1 heterocycles. The zero-order valence-corrected chi connectivity index (χ0v) is 24.3. The lowest BCUT2D eigenvalue weighted by molar-refractivity contribution is -0.146.